The van der Waals surface area contributed by atoms with Gasteiger partial charge in [0.15, 0.2) is 11.5 Å². The Bertz CT molecular complexity index is 1040. The van der Waals surface area contributed by atoms with E-state index in [1.807, 2.05) is 0 Å². The van der Waals surface area contributed by atoms with Crippen molar-refractivity contribution in [3.8, 4) is 11.5 Å². The Hall–Kier alpha value is -2.44. The van der Waals surface area contributed by atoms with Gasteiger partial charge >= 0.3 is 0 Å². The van der Waals surface area contributed by atoms with Crippen LogP contribution in [-0.4, -0.2) is 22.6 Å². The standard InChI is InChI=1S/C18H15Cl2N3O3/c19-11-2-3-17-22-12(6-18(24)23(17)10-11)9-21-14-8-16-15(7-13(14)20)25-4-1-5-26-16/h2-3,6-8,10,21H,1,4-5,9H2. The molecule has 0 aliphatic carbocycles. The van der Waals surface area contributed by atoms with E-state index in [0.717, 1.165) is 6.42 Å². The lowest BCUT2D eigenvalue weighted by Crippen LogP contribution is -2.16. The van der Waals surface area contributed by atoms with Crippen molar-refractivity contribution >= 4 is 34.5 Å². The number of hydrogen-bond donors (Lipinski definition) is 1. The lowest BCUT2D eigenvalue weighted by Gasteiger charge is -2.13. The third-order valence-corrected chi connectivity index (χ3v) is 4.51. The van der Waals surface area contributed by atoms with Crippen LogP contribution in [-0.2, 0) is 6.54 Å². The molecule has 8 heteroatoms. The van der Waals surface area contributed by atoms with Crippen LogP contribution in [0.3, 0.4) is 0 Å². The Balaban J connectivity index is 1.59. The van der Waals surface area contributed by atoms with E-state index in [4.69, 9.17) is 32.7 Å². The fourth-order valence-corrected chi connectivity index (χ4v) is 3.10. The van der Waals surface area contributed by atoms with Crippen LogP contribution >= 0.6 is 23.2 Å². The summed E-state index contributed by atoms with van der Waals surface area (Å²) in [5.41, 5.74) is 1.62. The van der Waals surface area contributed by atoms with Crippen LogP contribution in [0, 0.1) is 0 Å². The van der Waals surface area contributed by atoms with Gasteiger partial charge in [0.05, 0.1) is 41.2 Å². The Labute approximate surface area is 159 Å². The zero-order chi connectivity index (χ0) is 18.1. The molecule has 0 spiro atoms. The summed E-state index contributed by atoms with van der Waals surface area (Å²) in [6.07, 6.45) is 2.37. The van der Waals surface area contributed by atoms with Crippen LogP contribution in [0.4, 0.5) is 5.69 Å². The molecule has 0 amide bonds. The van der Waals surface area contributed by atoms with Crippen molar-refractivity contribution in [2.24, 2.45) is 0 Å². The zero-order valence-corrected chi connectivity index (χ0v) is 15.2. The summed E-state index contributed by atoms with van der Waals surface area (Å²) in [6.45, 7) is 1.54. The number of halogens is 2. The molecule has 0 fully saturated rings. The van der Waals surface area contributed by atoms with Crippen molar-refractivity contribution in [2.45, 2.75) is 13.0 Å². The topological polar surface area (TPSA) is 64.9 Å². The highest BCUT2D eigenvalue weighted by Gasteiger charge is 2.14. The van der Waals surface area contributed by atoms with Crippen molar-refractivity contribution in [3.63, 3.8) is 0 Å². The lowest BCUT2D eigenvalue weighted by atomic mass is 10.2. The highest BCUT2D eigenvalue weighted by Crippen LogP contribution is 2.37. The maximum atomic E-state index is 12.2. The van der Waals surface area contributed by atoms with Gasteiger partial charge in [-0.05, 0) is 12.1 Å². The second kappa shape index (κ2) is 7.05. The van der Waals surface area contributed by atoms with Crippen molar-refractivity contribution < 1.29 is 9.47 Å². The largest absolute Gasteiger partial charge is 0.490 e. The smallest absolute Gasteiger partial charge is 0.258 e. The van der Waals surface area contributed by atoms with Gasteiger partial charge in [0, 0.05) is 30.8 Å². The van der Waals surface area contributed by atoms with E-state index in [1.54, 1.807) is 30.5 Å². The molecular weight excluding hydrogens is 377 g/mol. The summed E-state index contributed by atoms with van der Waals surface area (Å²) in [5.74, 6) is 1.28. The number of nitrogens with zero attached hydrogens (tertiary/aromatic N) is 2. The molecule has 0 atom stereocenters. The van der Waals surface area contributed by atoms with Crippen molar-refractivity contribution in [3.05, 3.63) is 62.6 Å². The molecule has 1 aliphatic heterocycles. The summed E-state index contributed by atoms with van der Waals surface area (Å²) >= 11 is 12.2. The average molecular weight is 392 g/mol. The Morgan fingerprint density at radius 3 is 2.69 bits per heavy atom. The minimum absolute atomic E-state index is 0.195. The Kier molecular flexibility index (Phi) is 4.61. The quantitative estimate of drug-likeness (QED) is 0.735. The number of aromatic nitrogens is 2. The molecule has 0 unspecified atom stereocenters. The number of benzene rings is 1. The first-order valence-electron chi connectivity index (χ1n) is 8.11. The number of rotatable bonds is 3. The first kappa shape index (κ1) is 17.0. The summed E-state index contributed by atoms with van der Waals surface area (Å²) < 4.78 is 12.7. The number of ether oxygens (including phenoxy) is 2. The van der Waals surface area contributed by atoms with E-state index in [-0.39, 0.29) is 5.56 Å². The van der Waals surface area contributed by atoms with Crippen LogP contribution in [0.2, 0.25) is 10.0 Å². The van der Waals surface area contributed by atoms with Crippen molar-refractivity contribution in [2.75, 3.05) is 18.5 Å². The van der Waals surface area contributed by atoms with Crippen molar-refractivity contribution in [1.29, 1.82) is 0 Å². The first-order valence-corrected chi connectivity index (χ1v) is 8.86. The molecular formula is C18H15Cl2N3O3. The molecule has 1 aliphatic rings. The zero-order valence-electron chi connectivity index (χ0n) is 13.7. The van der Waals surface area contributed by atoms with Crippen LogP contribution in [0.5, 0.6) is 11.5 Å². The molecule has 0 saturated carbocycles. The van der Waals surface area contributed by atoms with Gasteiger partial charge in [-0.1, -0.05) is 23.2 Å². The molecule has 0 bridgehead atoms. The molecule has 3 aromatic rings. The third kappa shape index (κ3) is 3.43. The van der Waals surface area contributed by atoms with Crippen LogP contribution in [0.25, 0.3) is 5.65 Å². The number of nitrogens with one attached hydrogen (secondary N) is 1. The van der Waals surface area contributed by atoms with E-state index in [2.05, 4.69) is 10.3 Å². The highest BCUT2D eigenvalue weighted by atomic mass is 35.5. The lowest BCUT2D eigenvalue weighted by molar-refractivity contribution is 0.297. The highest BCUT2D eigenvalue weighted by molar-refractivity contribution is 6.33. The van der Waals surface area contributed by atoms with Gasteiger partial charge in [-0.2, -0.15) is 0 Å². The molecule has 26 heavy (non-hydrogen) atoms. The second-order valence-corrected chi connectivity index (χ2v) is 6.69. The Morgan fingerprint density at radius 2 is 1.88 bits per heavy atom. The summed E-state index contributed by atoms with van der Waals surface area (Å²) in [7, 11) is 0. The third-order valence-electron chi connectivity index (χ3n) is 3.97. The van der Waals surface area contributed by atoms with Crippen LogP contribution in [0.1, 0.15) is 12.1 Å². The molecule has 0 saturated heterocycles. The predicted octanol–water partition coefficient (Wildman–Crippen LogP) is 3.77. The predicted molar refractivity (Wildman–Crippen MR) is 101 cm³/mol. The summed E-state index contributed by atoms with van der Waals surface area (Å²) in [4.78, 5) is 16.7. The van der Waals surface area contributed by atoms with Crippen LogP contribution < -0.4 is 20.3 Å². The number of pyridine rings is 1. The molecule has 1 N–H and O–H groups in total. The van der Waals surface area contributed by atoms with Gasteiger partial charge in [0.1, 0.15) is 5.65 Å². The van der Waals surface area contributed by atoms with Crippen molar-refractivity contribution in [1.82, 2.24) is 9.38 Å². The minimum Gasteiger partial charge on any atom is -0.490 e. The molecule has 0 radical (unpaired) electrons. The maximum absolute atomic E-state index is 12.2. The minimum atomic E-state index is -0.195. The maximum Gasteiger partial charge on any atom is 0.258 e. The summed E-state index contributed by atoms with van der Waals surface area (Å²) in [5, 5.41) is 4.19. The van der Waals surface area contributed by atoms with E-state index in [9.17, 15) is 4.79 Å². The van der Waals surface area contributed by atoms with Gasteiger partial charge in [-0.15, -0.1) is 0 Å². The fourth-order valence-electron chi connectivity index (χ4n) is 2.72. The number of hydrogen-bond acceptors (Lipinski definition) is 5. The summed E-state index contributed by atoms with van der Waals surface area (Å²) in [6, 6.07) is 8.40. The first-order chi connectivity index (χ1) is 12.6. The number of anilines is 1. The monoisotopic (exact) mass is 391 g/mol. The van der Waals surface area contributed by atoms with Gasteiger partial charge in [-0.25, -0.2) is 4.98 Å². The van der Waals surface area contributed by atoms with E-state index in [0.29, 0.717) is 58.3 Å². The fraction of sp³-hybridized carbons (Fsp3) is 0.222. The average Bonchev–Trinajstić information content (AvgIpc) is 2.85. The van der Waals surface area contributed by atoms with Gasteiger partial charge in [-0.3, -0.25) is 9.20 Å². The molecule has 134 valence electrons. The van der Waals surface area contributed by atoms with Gasteiger partial charge < -0.3 is 14.8 Å². The van der Waals surface area contributed by atoms with E-state index >= 15 is 0 Å². The van der Waals surface area contributed by atoms with Gasteiger partial charge in [0.2, 0.25) is 0 Å². The molecule has 3 heterocycles. The van der Waals surface area contributed by atoms with E-state index in [1.165, 1.54) is 10.5 Å². The van der Waals surface area contributed by atoms with E-state index < -0.39 is 0 Å². The molecule has 4 rings (SSSR count). The van der Waals surface area contributed by atoms with Crippen LogP contribution in [0.15, 0.2) is 41.3 Å². The van der Waals surface area contributed by atoms with Gasteiger partial charge in [0.25, 0.3) is 5.56 Å². The molecule has 1 aromatic carbocycles. The number of fused-ring (bicyclic) bond motifs is 2. The Morgan fingerprint density at radius 1 is 1.12 bits per heavy atom. The molecule has 6 nitrogen and oxygen atoms in total. The SMILES string of the molecule is O=c1cc(CNc2cc3c(cc2Cl)OCCCO3)nc2ccc(Cl)cn12. The normalized spacial score (nSPS) is 13.5. The second-order valence-electron chi connectivity index (χ2n) is 5.84. The molecule has 2 aromatic heterocycles.